The van der Waals surface area contributed by atoms with Crippen molar-refractivity contribution in [2.24, 2.45) is 0 Å². The Bertz CT molecular complexity index is 1040. The van der Waals surface area contributed by atoms with E-state index in [9.17, 15) is 9.18 Å². The van der Waals surface area contributed by atoms with E-state index in [1.807, 2.05) is 31.7 Å². The molecule has 29 heavy (non-hydrogen) atoms. The molecule has 1 aromatic carbocycles. The zero-order chi connectivity index (χ0) is 20.5. The quantitative estimate of drug-likeness (QED) is 0.666. The van der Waals surface area contributed by atoms with E-state index in [4.69, 9.17) is 4.52 Å². The van der Waals surface area contributed by atoms with Gasteiger partial charge in [-0.3, -0.25) is 4.79 Å². The molecule has 1 amide bonds. The third kappa shape index (κ3) is 3.77. The highest BCUT2D eigenvalue weighted by molar-refractivity contribution is 5.79. The molecule has 0 unspecified atom stereocenters. The lowest BCUT2D eigenvalue weighted by molar-refractivity contribution is -0.131. The molecule has 0 aliphatic carbocycles. The van der Waals surface area contributed by atoms with Crippen LogP contribution in [0.4, 0.5) is 4.39 Å². The molecule has 2 aromatic heterocycles. The van der Waals surface area contributed by atoms with Crippen molar-refractivity contribution in [1.29, 1.82) is 0 Å². The molecule has 6 nitrogen and oxygen atoms in total. The van der Waals surface area contributed by atoms with Crippen LogP contribution >= 0.6 is 0 Å². The Balaban J connectivity index is 1.64. The second-order valence-corrected chi connectivity index (χ2v) is 7.44. The molecule has 4 rings (SSSR count). The second-order valence-electron chi connectivity index (χ2n) is 7.44. The Hall–Kier alpha value is -3.09. The normalized spacial score (nSPS) is 16.4. The van der Waals surface area contributed by atoms with E-state index in [0.717, 1.165) is 35.5 Å². The van der Waals surface area contributed by atoms with Crippen LogP contribution in [0.15, 0.2) is 34.9 Å². The molecular weight excluding hydrogens is 371 g/mol. The molecule has 150 valence electrons. The first-order valence-electron chi connectivity index (χ1n) is 9.75. The number of halogens is 1. The number of benzene rings is 1. The van der Waals surface area contributed by atoms with Crippen LogP contribution in [0, 0.1) is 26.6 Å². The average molecular weight is 394 g/mol. The van der Waals surface area contributed by atoms with Gasteiger partial charge in [0.15, 0.2) is 0 Å². The third-order valence-electron chi connectivity index (χ3n) is 5.36. The molecule has 1 aliphatic heterocycles. The maximum absolute atomic E-state index is 14.0. The fourth-order valence-corrected chi connectivity index (χ4v) is 4.02. The highest BCUT2D eigenvalue weighted by Crippen LogP contribution is 2.34. The van der Waals surface area contributed by atoms with Crippen LogP contribution in [0.5, 0.6) is 0 Å². The highest BCUT2D eigenvalue weighted by atomic mass is 19.1. The number of carbonyl (C=O) groups excluding carboxylic acids is 1. The number of aromatic nitrogens is 3. The summed E-state index contributed by atoms with van der Waals surface area (Å²) in [4.78, 5) is 23.9. The van der Waals surface area contributed by atoms with Crippen LogP contribution in [0.2, 0.25) is 0 Å². The van der Waals surface area contributed by atoms with Crippen molar-refractivity contribution >= 4 is 5.91 Å². The topological polar surface area (TPSA) is 72.1 Å². The van der Waals surface area contributed by atoms with E-state index in [2.05, 4.69) is 15.1 Å². The summed E-state index contributed by atoms with van der Waals surface area (Å²) in [5, 5.41) is 4.01. The summed E-state index contributed by atoms with van der Waals surface area (Å²) >= 11 is 0. The number of rotatable bonds is 4. The molecule has 7 heteroatoms. The van der Waals surface area contributed by atoms with Crippen molar-refractivity contribution in [3.63, 3.8) is 0 Å². The first-order valence-corrected chi connectivity index (χ1v) is 9.75. The van der Waals surface area contributed by atoms with E-state index < -0.39 is 0 Å². The Morgan fingerprint density at radius 2 is 2.03 bits per heavy atom. The van der Waals surface area contributed by atoms with E-state index in [1.54, 1.807) is 18.2 Å². The molecule has 1 aliphatic rings. The first kappa shape index (κ1) is 19.2. The van der Waals surface area contributed by atoms with Gasteiger partial charge in [-0.1, -0.05) is 23.4 Å². The molecule has 3 heterocycles. The van der Waals surface area contributed by atoms with E-state index in [1.165, 1.54) is 6.07 Å². The number of carbonyl (C=O) groups is 1. The van der Waals surface area contributed by atoms with Gasteiger partial charge in [0.2, 0.25) is 5.91 Å². The smallest absolute Gasteiger partial charge is 0.227 e. The summed E-state index contributed by atoms with van der Waals surface area (Å²) < 4.78 is 19.3. The molecule has 1 saturated heterocycles. The summed E-state index contributed by atoms with van der Waals surface area (Å²) in [6, 6.07) is 8.18. The third-order valence-corrected chi connectivity index (χ3v) is 5.36. The molecule has 0 N–H and O–H groups in total. The SMILES string of the molecule is Cc1nc(-c2c(C)noc2C)cc([C@H]2CCCN2C(=O)Cc2ccccc2F)n1. The summed E-state index contributed by atoms with van der Waals surface area (Å²) in [5.41, 5.74) is 3.59. The van der Waals surface area contributed by atoms with E-state index >= 15 is 0 Å². The minimum Gasteiger partial charge on any atom is -0.361 e. The number of nitrogens with zero attached hydrogens (tertiary/aromatic N) is 4. The highest BCUT2D eigenvalue weighted by Gasteiger charge is 2.32. The molecule has 3 aromatic rings. The first-order chi connectivity index (χ1) is 13.9. The average Bonchev–Trinajstić information content (AvgIpc) is 3.30. The Morgan fingerprint density at radius 1 is 1.24 bits per heavy atom. The zero-order valence-corrected chi connectivity index (χ0v) is 16.8. The van der Waals surface area contributed by atoms with E-state index in [-0.39, 0.29) is 24.2 Å². The van der Waals surface area contributed by atoms with Crippen LogP contribution in [0.3, 0.4) is 0 Å². The maximum Gasteiger partial charge on any atom is 0.227 e. The van der Waals surface area contributed by atoms with Crippen LogP contribution in [0.1, 0.15) is 47.4 Å². The van der Waals surface area contributed by atoms with Crippen molar-refractivity contribution < 1.29 is 13.7 Å². The fraction of sp³-hybridized carbons (Fsp3) is 0.364. The van der Waals surface area contributed by atoms with Crippen LogP contribution in [0.25, 0.3) is 11.3 Å². The lowest BCUT2D eigenvalue weighted by Gasteiger charge is -2.25. The van der Waals surface area contributed by atoms with Gasteiger partial charge in [0.1, 0.15) is 17.4 Å². The Kier molecular flexibility index (Phi) is 5.13. The number of amides is 1. The van der Waals surface area contributed by atoms with Gasteiger partial charge in [0, 0.05) is 6.54 Å². The number of aryl methyl sites for hydroxylation is 3. The van der Waals surface area contributed by atoms with Crippen molar-refractivity contribution in [2.75, 3.05) is 6.54 Å². The molecule has 0 spiro atoms. The largest absolute Gasteiger partial charge is 0.361 e. The van der Waals surface area contributed by atoms with Gasteiger partial charge in [-0.25, -0.2) is 14.4 Å². The summed E-state index contributed by atoms with van der Waals surface area (Å²) in [6.07, 6.45) is 1.75. The summed E-state index contributed by atoms with van der Waals surface area (Å²) in [7, 11) is 0. The Labute approximate surface area is 168 Å². The molecule has 0 radical (unpaired) electrons. The second kappa shape index (κ2) is 7.73. The predicted molar refractivity (Wildman–Crippen MR) is 106 cm³/mol. The molecule has 1 fully saturated rings. The standard InChI is InChI=1S/C22H23FN4O2/c1-13-22(14(2)29-26-13)19-12-18(24-15(3)25-19)20-9-6-10-27(20)21(28)11-16-7-4-5-8-17(16)23/h4-5,7-8,12,20H,6,9-11H2,1-3H3/t20-/m1/s1. The number of likely N-dealkylation sites (tertiary alicyclic amines) is 1. The fourth-order valence-electron chi connectivity index (χ4n) is 4.02. The predicted octanol–water partition coefficient (Wildman–Crippen LogP) is 4.10. The minimum atomic E-state index is -0.352. The zero-order valence-electron chi connectivity index (χ0n) is 16.8. The lowest BCUT2D eigenvalue weighted by Crippen LogP contribution is -2.32. The summed E-state index contributed by atoms with van der Waals surface area (Å²) in [6.45, 7) is 6.21. The van der Waals surface area contributed by atoms with Crippen molar-refractivity contribution in [3.8, 4) is 11.3 Å². The van der Waals surface area contributed by atoms with Gasteiger partial charge in [0.25, 0.3) is 0 Å². The summed E-state index contributed by atoms with van der Waals surface area (Å²) in [5.74, 6) is 0.888. The molecule has 0 saturated carbocycles. The van der Waals surface area contributed by atoms with Gasteiger partial charge >= 0.3 is 0 Å². The van der Waals surface area contributed by atoms with Crippen molar-refractivity contribution in [3.05, 3.63) is 64.7 Å². The maximum atomic E-state index is 14.0. The molecule has 0 bridgehead atoms. The number of hydrogen-bond acceptors (Lipinski definition) is 5. The van der Waals surface area contributed by atoms with Gasteiger partial charge in [-0.2, -0.15) is 0 Å². The van der Waals surface area contributed by atoms with Gasteiger partial charge in [-0.05, 0) is 51.3 Å². The van der Waals surface area contributed by atoms with Crippen LogP contribution in [-0.4, -0.2) is 32.5 Å². The Morgan fingerprint density at radius 3 is 2.76 bits per heavy atom. The lowest BCUT2D eigenvalue weighted by atomic mass is 10.0. The monoisotopic (exact) mass is 394 g/mol. The molecular formula is C22H23FN4O2. The molecule has 1 atom stereocenters. The van der Waals surface area contributed by atoms with Gasteiger partial charge in [0.05, 0.1) is 35.1 Å². The van der Waals surface area contributed by atoms with Crippen molar-refractivity contribution in [2.45, 2.75) is 46.1 Å². The van der Waals surface area contributed by atoms with Crippen molar-refractivity contribution in [1.82, 2.24) is 20.0 Å². The number of hydrogen-bond donors (Lipinski definition) is 0. The van der Waals surface area contributed by atoms with E-state index in [0.29, 0.717) is 23.7 Å². The van der Waals surface area contributed by atoms with Gasteiger partial charge < -0.3 is 9.42 Å². The minimum absolute atomic E-state index is 0.0456. The van der Waals surface area contributed by atoms with Crippen LogP contribution < -0.4 is 0 Å². The van der Waals surface area contributed by atoms with Gasteiger partial charge in [-0.15, -0.1) is 0 Å². The van der Waals surface area contributed by atoms with Crippen LogP contribution in [-0.2, 0) is 11.2 Å².